The Bertz CT molecular complexity index is 1250. The molecule has 11 heteroatoms. The highest BCUT2D eigenvalue weighted by Gasteiger charge is 2.25. The summed E-state index contributed by atoms with van der Waals surface area (Å²) in [6, 6.07) is 9.64. The molecule has 178 valence electrons. The van der Waals surface area contributed by atoms with Crippen molar-refractivity contribution in [3.63, 3.8) is 0 Å². The fourth-order valence-electron chi connectivity index (χ4n) is 3.34. The van der Waals surface area contributed by atoms with E-state index in [2.05, 4.69) is 15.0 Å². The number of hydrogen-bond acceptors (Lipinski definition) is 8. The zero-order valence-corrected chi connectivity index (χ0v) is 18.7. The van der Waals surface area contributed by atoms with Crippen molar-refractivity contribution >= 4 is 17.6 Å². The number of aromatic nitrogens is 3. The van der Waals surface area contributed by atoms with Gasteiger partial charge in [-0.2, -0.15) is 0 Å². The summed E-state index contributed by atoms with van der Waals surface area (Å²) in [4.78, 5) is 23.7. The highest BCUT2D eigenvalue weighted by molar-refractivity contribution is 5.69. The average molecular weight is 469 g/mol. The van der Waals surface area contributed by atoms with Gasteiger partial charge in [-0.05, 0) is 36.4 Å². The number of carbonyl (C=O) groups is 1. The van der Waals surface area contributed by atoms with E-state index in [4.69, 9.17) is 22.4 Å². The van der Waals surface area contributed by atoms with E-state index in [1.807, 2.05) is 0 Å². The molecule has 0 unspecified atom stereocenters. The van der Waals surface area contributed by atoms with Crippen LogP contribution in [0, 0.1) is 11.6 Å². The lowest BCUT2D eigenvalue weighted by atomic mass is 9.85. The quantitative estimate of drug-likeness (QED) is 0.287. The predicted molar refractivity (Wildman–Crippen MR) is 123 cm³/mol. The molecule has 3 rings (SSSR count). The van der Waals surface area contributed by atoms with E-state index in [0.717, 1.165) is 18.2 Å². The zero-order chi connectivity index (χ0) is 25.0. The van der Waals surface area contributed by atoms with Crippen LogP contribution in [0.5, 0.6) is 0 Å². The molecule has 2 aromatic heterocycles. The van der Waals surface area contributed by atoms with Gasteiger partial charge in [-0.3, -0.25) is 9.78 Å². The van der Waals surface area contributed by atoms with Gasteiger partial charge in [-0.25, -0.2) is 24.6 Å². The van der Waals surface area contributed by atoms with Crippen LogP contribution in [0.15, 0.2) is 48.7 Å². The summed E-state index contributed by atoms with van der Waals surface area (Å²) < 4.78 is 27.8. The lowest BCUT2D eigenvalue weighted by Gasteiger charge is -2.23. The molecular weight excluding hydrogens is 444 g/mol. The van der Waals surface area contributed by atoms with E-state index in [9.17, 15) is 13.6 Å². The largest absolute Gasteiger partial charge is 0.481 e. The molecule has 0 spiro atoms. The van der Waals surface area contributed by atoms with Crippen LogP contribution < -0.4 is 17.3 Å². The smallest absolute Gasteiger partial charge is 0.304 e. The number of rotatable bonds is 8. The van der Waals surface area contributed by atoms with Crippen molar-refractivity contribution in [2.24, 2.45) is 11.6 Å². The number of hydrogen-bond donors (Lipinski definition) is 4. The number of nitrogens with zero attached hydrogens (tertiary/aromatic N) is 4. The maximum atomic E-state index is 14.2. The molecular formula is C23H25F2N7O2. The van der Waals surface area contributed by atoms with E-state index in [0.29, 0.717) is 11.4 Å². The van der Waals surface area contributed by atoms with E-state index < -0.39 is 23.0 Å². The molecule has 0 atom stereocenters. The van der Waals surface area contributed by atoms with Gasteiger partial charge in [0.1, 0.15) is 11.6 Å². The first-order chi connectivity index (χ1) is 15.9. The van der Waals surface area contributed by atoms with Crippen LogP contribution in [-0.4, -0.2) is 31.0 Å². The third-order valence-electron chi connectivity index (χ3n) is 4.99. The molecule has 2 heterocycles. The Labute approximate surface area is 194 Å². The van der Waals surface area contributed by atoms with E-state index in [1.54, 1.807) is 32.0 Å². The van der Waals surface area contributed by atoms with Gasteiger partial charge in [0.2, 0.25) is 5.95 Å². The van der Waals surface area contributed by atoms with E-state index in [1.165, 1.54) is 17.3 Å². The molecule has 0 aliphatic heterocycles. The Balaban J connectivity index is 1.83. The monoisotopic (exact) mass is 469 g/mol. The molecule has 0 bridgehead atoms. The highest BCUT2D eigenvalue weighted by Crippen LogP contribution is 2.26. The van der Waals surface area contributed by atoms with Crippen LogP contribution in [0.4, 0.5) is 14.7 Å². The van der Waals surface area contributed by atoms with Crippen LogP contribution in [0.2, 0.25) is 0 Å². The van der Waals surface area contributed by atoms with E-state index >= 15 is 0 Å². The second-order valence-corrected chi connectivity index (χ2v) is 8.35. The maximum absolute atomic E-state index is 14.2. The Kier molecular flexibility index (Phi) is 7.06. The van der Waals surface area contributed by atoms with Crippen LogP contribution in [0.3, 0.4) is 0 Å². The summed E-state index contributed by atoms with van der Waals surface area (Å²) in [6.45, 7) is 3.75. The second-order valence-electron chi connectivity index (χ2n) is 8.35. The Morgan fingerprint density at radius 2 is 1.88 bits per heavy atom. The van der Waals surface area contributed by atoms with Crippen LogP contribution in [0.25, 0.3) is 17.0 Å². The number of nitrogen functional groups attached to an aromatic ring is 1. The van der Waals surface area contributed by atoms with Gasteiger partial charge in [-0.1, -0.05) is 19.9 Å². The molecule has 0 saturated heterocycles. The second kappa shape index (κ2) is 9.79. The molecule has 0 radical (unpaired) electrons. The van der Waals surface area contributed by atoms with Gasteiger partial charge >= 0.3 is 5.97 Å². The number of halogens is 2. The maximum Gasteiger partial charge on any atom is 0.304 e. The number of hydrazine groups is 1. The molecule has 3 aromatic rings. The summed E-state index contributed by atoms with van der Waals surface area (Å²) in [6.07, 6.45) is 1.32. The number of carboxylic acid groups (broad SMARTS) is 1. The van der Waals surface area contributed by atoms with Gasteiger partial charge in [0.15, 0.2) is 0 Å². The summed E-state index contributed by atoms with van der Waals surface area (Å²) in [5.41, 5.74) is 12.7. The van der Waals surface area contributed by atoms with Crippen molar-refractivity contribution in [2.75, 3.05) is 5.73 Å². The summed E-state index contributed by atoms with van der Waals surface area (Å²) in [5.74, 6) is 3.67. The number of benzene rings is 1. The minimum absolute atomic E-state index is 0.0643. The number of carboxylic acids is 1. The summed E-state index contributed by atoms with van der Waals surface area (Å²) >= 11 is 0. The number of anilines is 1. The third kappa shape index (κ3) is 6.01. The molecule has 0 saturated carbocycles. The van der Waals surface area contributed by atoms with Crippen molar-refractivity contribution in [3.8, 4) is 11.3 Å². The minimum Gasteiger partial charge on any atom is -0.481 e. The van der Waals surface area contributed by atoms with Crippen LogP contribution >= 0.6 is 0 Å². The van der Waals surface area contributed by atoms with E-state index in [-0.39, 0.29) is 41.6 Å². The lowest BCUT2D eigenvalue weighted by Crippen LogP contribution is -2.28. The van der Waals surface area contributed by atoms with Gasteiger partial charge in [0.05, 0.1) is 35.7 Å². The molecule has 34 heavy (non-hydrogen) atoms. The first kappa shape index (κ1) is 24.5. The average Bonchev–Trinajstić information content (AvgIpc) is 2.74. The molecule has 0 fully saturated rings. The SMILES string of the molecule is CC(C)(CC(=O)O)c1cccc(CN(N)/C=C(\N)c2cc(-c3cc(F)ccc3F)nc(N)n2)n1. The van der Waals surface area contributed by atoms with Crippen molar-refractivity contribution in [1.29, 1.82) is 0 Å². The Morgan fingerprint density at radius 3 is 2.59 bits per heavy atom. The van der Waals surface area contributed by atoms with Crippen LogP contribution in [-0.2, 0) is 16.8 Å². The fourth-order valence-corrected chi connectivity index (χ4v) is 3.34. The molecule has 0 aliphatic rings. The number of aliphatic carboxylic acids is 1. The first-order valence-corrected chi connectivity index (χ1v) is 10.2. The Hall–Kier alpha value is -4.12. The third-order valence-corrected chi connectivity index (χ3v) is 4.99. The zero-order valence-electron chi connectivity index (χ0n) is 18.7. The van der Waals surface area contributed by atoms with Gasteiger partial charge < -0.3 is 21.6 Å². The summed E-state index contributed by atoms with van der Waals surface area (Å²) in [7, 11) is 0. The van der Waals surface area contributed by atoms with Crippen molar-refractivity contribution < 1.29 is 18.7 Å². The fraction of sp³-hybridized carbons (Fsp3) is 0.217. The highest BCUT2D eigenvalue weighted by atomic mass is 19.1. The number of pyridine rings is 1. The minimum atomic E-state index is -0.921. The molecule has 0 amide bonds. The first-order valence-electron chi connectivity index (χ1n) is 10.2. The summed E-state index contributed by atoms with van der Waals surface area (Å²) in [5, 5.41) is 10.4. The van der Waals surface area contributed by atoms with Crippen molar-refractivity contribution in [3.05, 3.63) is 77.4 Å². The van der Waals surface area contributed by atoms with Gasteiger partial charge in [-0.15, -0.1) is 0 Å². The number of nitrogens with two attached hydrogens (primary N) is 3. The molecule has 1 aromatic carbocycles. The molecule has 0 aliphatic carbocycles. The standard InChI is InChI=1S/C23H25F2N7O2/c1-23(2,10-21(33)34)20-5-3-4-14(29-20)11-32(28)12-17(26)19-9-18(30-22(27)31-19)15-8-13(24)6-7-16(15)25/h3-9,12H,10-11,26,28H2,1-2H3,(H,33,34)(H2,27,30,31)/b17-12-. The predicted octanol–water partition coefficient (Wildman–Crippen LogP) is 2.78. The normalized spacial score (nSPS) is 12.0. The van der Waals surface area contributed by atoms with Gasteiger partial charge in [0.25, 0.3) is 0 Å². The van der Waals surface area contributed by atoms with Crippen molar-refractivity contribution in [2.45, 2.75) is 32.2 Å². The Morgan fingerprint density at radius 1 is 1.15 bits per heavy atom. The van der Waals surface area contributed by atoms with Crippen LogP contribution in [0.1, 0.15) is 37.4 Å². The molecule has 9 nitrogen and oxygen atoms in total. The van der Waals surface area contributed by atoms with Crippen molar-refractivity contribution in [1.82, 2.24) is 20.0 Å². The molecule has 7 N–H and O–H groups in total. The van der Waals surface area contributed by atoms with Gasteiger partial charge in [0, 0.05) is 22.9 Å². The topological polar surface area (TPSA) is 157 Å². The lowest BCUT2D eigenvalue weighted by molar-refractivity contribution is -0.138.